The third kappa shape index (κ3) is 3.99. The van der Waals surface area contributed by atoms with Gasteiger partial charge in [0.05, 0.1) is 30.8 Å². The molecule has 2 aromatic carbocycles. The van der Waals surface area contributed by atoms with Gasteiger partial charge in [0.2, 0.25) is 0 Å². The van der Waals surface area contributed by atoms with Crippen LogP contribution in [0.4, 0.5) is 9.18 Å². The molecule has 0 fully saturated rings. The number of nitrogens with one attached hydrogen (secondary N) is 1. The van der Waals surface area contributed by atoms with Crippen molar-refractivity contribution in [2.45, 2.75) is 19.5 Å². The Morgan fingerprint density at radius 2 is 1.90 bits per heavy atom. The van der Waals surface area contributed by atoms with Gasteiger partial charge in [0, 0.05) is 16.3 Å². The fraction of sp³-hybridized carbons (Fsp3) is 0.190. The number of esters is 1. The number of allylic oxidation sites excluding steroid dienone is 1. The van der Waals surface area contributed by atoms with E-state index in [1.165, 1.54) is 42.3 Å². The summed E-state index contributed by atoms with van der Waals surface area (Å²) < 4.78 is 19.4. The van der Waals surface area contributed by atoms with E-state index in [4.69, 9.17) is 21.4 Å². The molecule has 1 aliphatic rings. The van der Waals surface area contributed by atoms with E-state index in [0.29, 0.717) is 5.56 Å². The van der Waals surface area contributed by atoms with Crippen LogP contribution in [-0.4, -0.2) is 35.1 Å². The number of nitrogens with zero attached hydrogens (tertiary/aromatic N) is 1. The third-order valence-electron chi connectivity index (χ3n) is 4.83. The first kappa shape index (κ1) is 21.3. The van der Waals surface area contributed by atoms with Crippen LogP contribution in [0.2, 0.25) is 5.02 Å². The molecule has 30 heavy (non-hydrogen) atoms. The molecule has 2 amide bonds. The SMILES string of the molecule is COC(=O)C1=C(C)N(Cc2ccc(C(=O)O)cc2)C(=O)NC1c1c(F)cccc1Cl. The first-order chi connectivity index (χ1) is 14.2. The van der Waals surface area contributed by atoms with Crippen LogP contribution < -0.4 is 5.32 Å². The number of halogens is 2. The molecule has 0 aromatic heterocycles. The molecule has 7 nitrogen and oxygen atoms in total. The van der Waals surface area contributed by atoms with Gasteiger partial charge in [-0.05, 0) is 36.8 Å². The Morgan fingerprint density at radius 3 is 2.47 bits per heavy atom. The minimum atomic E-state index is -1.12. The molecule has 2 aromatic rings. The van der Waals surface area contributed by atoms with Gasteiger partial charge < -0.3 is 15.2 Å². The minimum absolute atomic E-state index is 0.0299. The Bertz CT molecular complexity index is 1030. The number of aromatic carboxylic acids is 1. The molecule has 9 heteroatoms. The van der Waals surface area contributed by atoms with Crippen LogP contribution in [0.3, 0.4) is 0 Å². The molecule has 0 radical (unpaired) electrons. The zero-order valence-electron chi connectivity index (χ0n) is 16.1. The van der Waals surface area contributed by atoms with Crippen molar-refractivity contribution in [2.75, 3.05) is 7.11 Å². The van der Waals surface area contributed by atoms with Crippen LogP contribution in [0.25, 0.3) is 0 Å². The summed E-state index contributed by atoms with van der Waals surface area (Å²) in [6.07, 6.45) is 0. The normalized spacial score (nSPS) is 16.3. The number of carboxylic acids is 1. The largest absolute Gasteiger partial charge is 0.478 e. The molecule has 2 N–H and O–H groups in total. The Morgan fingerprint density at radius 1 is 1.23 bits per heavy atom. The predicted octanol–water partition coefficient (Wildman–Crippen LogP) is 3.89. The van der Waals surface area contributed by atoms with E-state index in [1.54, 1.807) is 19.1 Å². The molecule has 156 valence electrons. The highest BCUT2D eigenvalue weighted by atomic mass is 35.5. The highest BCUT2D eigenvalue weighted by molar-refractivity contribution is 6.31. The maximum Gasteiger partial charge on any atom is 0.337 e. The summed E-state index contributed by atoms with van der Waals surface area (Å²) >= 11 is 6.15. The first-order valence-electron chi connectivity index (χ1n) is 8.87. The Hall–Kier alpha value is -3.39. The van der Waals surface area contributed by atoms with Gasteiger partial charge >= 0.3 is 18.0 Å². The summed E-state index contributed by atoms with van der Waals surface area (Å²) in [6, 6.07) is 8.37. The third-order valence-corrected chi connectivity index (χ3v) is 5.16. The molecule has 0 saturated heterocycles. The molecule has 0 aliphatic carbocycles. The fourth-order valence-electron chi connectivity index (χ4n) is 3.28. The van der Waals surface area contributed by atoms with Crippen molar-refractivity contribution < 1.29 is 28.6 Å². The monoisotopic (exact) mass is 432 g/mol. The number of carbonyl (C=O) groups excluding carboxylic acids is 2. The Labute approximate surface area is 176 Å². The molecule has 1 unspecified atom stereocenters. The van der Waals surface area contributed by atoms with Crippen molar-refractivity contribution in [3.05, 3.63) is 81.3 Å². The lowest BCUT2D eigenvalue weighted by atomic mass is 9.94. The molecular formula is C21H18ClFN2O5. The van der Waals surface area contributed by atoms with Crippen LogP contribution in [-0.2, 0) is 16.1 Å². The van der Waals surface area contributed by atoms with Crippen molar-refractivity contribution in [2.24, 2.45) is 0 Å². The number of ether oxygens (including phenoxy) is 1. The quantitative estimate of drug-likeness (QED) is 0.699. The van der Waals surface area contributed by atoms with Gasteiger partial charge in [0.1, 0.15) is 5.82 Å². The van der Waals surface area contributed by atoms with E-state index < -0.39 is 29.8 Å². The molecule has 1 aliphatic heterocycles. The zero-order chi connectivity index (χ0) is 22.0. The number of carbonyl (C=O) groups is 3. The van der Waals surface area contributed by atoms with Gasteiger partial charge in [-0.1, -0.05) is 29.8 Å². The lowest BCUT2D eigenvalue weighted by molar-refractivity contribution is -0.136. The maximum atomic E-state index is 14.5. The minimum Gasteiger partial charge on any atom is -0.478 e. The van der Waals surface area contributed by atoms with E-state index in [2.05, 4.69) is 5.32 Å². The molecular weight excluding hydrogens is 415 g/mol. The number of methoxy groups -OCH3 is 1. The van der Waals surface area contributed by atoms with Crippen LogP contribution in [0.1, 0.15) is 34.5 Å². The summed E-state index contributed by atoms with van der Waals surface area (Å²) in [5.74, 6) is -2.46. The van der Waals surface area contributed by atoms with Crippen molar-refractivity contribution >= 4 is 29.6 Å². The van der Waals surface area contributed by atoms with E-state index in [9.17, 15) is 18.8 Å². The maximum absolute atomic E-state index is 14.5. The average molecular weight is 433 g/mol. The summed E-state index contributed by atoms with van der Waals surface area (Å²) in [4.78, 5) is 37.6. The number of amides is 2. The van der Waals surface area contributed by atoms with Gasteiger partial charge in [-0.3, -0.25) is 4.90 Å². The van der Waals surface area contributed by atoms with Crippen LogP contribution in [0, 0.1) is 5.82 Å². The van der Waals surface area contributed by atoms with Crippen molar-refractivity contribution in [1.82, 2.24) is 10.2 Å². The standard InChI is InChI=1S/C21H18ClFN2O5/c1-11-16(20(28)30-2)18(17-14(22)4-3-5-15(17)23)24-21(29)25(11)10-12-6-8-13(9-7-12)19(26)27/h3-9,18H,10H2,1-2H3,(H,24,29)(H,26,27). The lowest BCUT2D eigenvalue weighted by Crippen LogP contribution is -2.47. The molecule has 0 bridgehead atoms. The van der Waals surface area contributed by atoms with Crippen molar-refractivity contribution in [3.63, 3.8) is 0 Å². The number of benzene rings is 2. The van der Waals surface area contributed by atoms with Crippen molar-refractivity contribution in [3.8, 4) is 0 Å². The fourth-order valence-corrected chi connectivity index (χ4v) is 3.56. The number of hydrogen-bond acceptors (Lipinski definition) is 4. The second-order valence-electron chi connectivity index (χ2n) is 6.60. The molecule has 1 atom stereocenters. The second-order valence-corrected chi connectivity index (χ2v) is 7.00. The highest BCUT2D eigenvalue weighted by Gasteiger charge is 2.38. The van der Waals surface area contributed by atoms with E-state index >= 15 is 0 Å². The first-order valence-corrected chi connectivity index (χ1v) is 9.25. The molecule has 1 heterocycles. The Balaban J connectivity index is 2.03. The lowest BCUT2D eigenvalue weighted by Gasteiger charge is -2.35. The van der Waals surface area contributed by atoms with Gasteiger partial charge in [-0.2, -0.15) is 0 Å². The summed E-state index contributed by atoms with van der Waals surface area (Å²) in [5.41, 5.74) is 1.04. The van der Waals surface area contributed by atoms with Gasteiger partial charge in [0.15, 0.2) is 0 Å². The summed E-state index contributed by atoms with van der Waals surface area (Å²) in [6.45, 7) is 1.62. The molecule has 3 rings (SSSR count). The second kappa shape index (κ2) is 8.54. The van der Waals surface area contributed by atoms with E-state index in [-0.39, 0.29) is 34.0 Å². The van der Waals surface area contributed by atoms with Crippen LogP contribution in [0.15, 0.2) is 53.7 Å². The van der Waals surface area contributed by atoms with E-state index in [1.807, 2.05) is 0 Å². The van der Waals surface area contributed by atoms with Crippen LogP contribution in [0.5, 0.6) is 0 Å². The van der Waals surface area contributed by atoms with E-state index in [0.717, 1.165) is 0 Å². The summed E-state index contributed by atoms with van der Waals surface area (Å²) in [5, 5.41) is 11.7. The summed E-state index contributed by atoms with van der Waals surface area (Å²) in [7, 11) is 1.19. The molecule has 0 saturated carbocycles. The Kier molecular flexibility index (Phi) is 6.07. The highest BCUT2D eigenvalue weighted by Crippen LogP contribution is 2.36. The van der Waals surface area contributed by atoms with Crippen molar-refractivity contribution in [1.29, 1.82) is 0 Å². The molecule has 0 spiro atoms. The smallest absolute Gasteiger partial charge is 0.337 e. The van der Waals surface area contributed by atoms with Gasteiger partial charge in [-0.15, -0.1) is 0 Å². The van der Waals surface area contributed by atoms with Crippen LogP contribution >= 0.6 is 11.6 Å². The van der Waals surface area contributed by atoms with Gasteiger partial charge in [0.25, 0.3) is 0 Å². The number of hydrogen-bond donors (Lipinski definition) is 2. The number of urea groups is 1. The van der Waals surface area contributed by atoms with Gasteiger partial charge in [-0.25, -0.2) is 18.8 Å². The number of carboxylic acid groups (broad SMARTS) is 1. The topological polar surface area (TPSA) is 95.9 Å². The predicted molar refractivity (Wildman–Crippen MR) is 106 cm³/mol. The zero-order valence-corrected chi connectivity index (χ0v) is 16.9. The average Bonchev–Trinajstić information content (AvgIpc) is 2.71. The number of rotatable bonds is 5.